The van der Waals surface area contributed by atoms with Gasteiger partial charge in [0, 0.05) is 11.9 Å². The van der Waals surface area contributed by atoms with Crippen LogP contribution in [0, 0.1) is 6.92 Å². The Balaban J connectivity index is 2.31. The van der Waals surface area contributed by atoms with Gasteiger partial charge in [-0.1, -0.05) is 30.0 Å². The van der Waals surface area contributed by atoms with Crippen LogP contribution in [-0.2, 0) is 4.79 Å². The van der Waals surface area contributed by atoms with E-state index in [9.17, 15) is 4.79 Å². The van der Waals surface area contributed by atoms with E-state index in [0.717, 1.165) is 11.4 Å². The lowest BCUT2D eigenvalue weighted by molar-refractivity contribution is -0.133. The fourth-order valence-corrected chi connectivity index (χ4v) is 2.24. The molecule has 1 N–H and O–H groups in total. The zero-order valence-corrected chi connectivity index (χ0v) is 10.1. The first-order chi connectivity index (χ1) is 8.16. The van der Waals surface area contributed by atoms with Crippen LogP contribution >= 0.6 is 11.8 Å². The second kappa shape index (κ2) is 5.05. The Morgan fingerprint density at radius 2 is 2.12 bits per heavy atom. The molecule has 0 unspecified atom stereocenters. The van der Waals surface area contributed by atoms with Crippen molar-refractivity contribution in [2.24, 2.45) is 0 Å². The molecule has 0 saturated carbocycles. The maximum absolute atomic E-state index is 10.6. The number of aliphatic carboxylic acids is 1. The molecule has 1 aromatic heterocycles. The quantitative estimate of drug-likeness (QED) is 0.844. The minimum Gasteiger partial charge on any atom is -0.481 e. The summed E-state index contributed by atoms with van der Waals surface area (Å²) in [6.07, 6.45) is 1.90. The summed E-state index contributed by atoms with van der Waals surface area (Å²) in [4.78, 5) is 14.9. The van der Waals surface area contributed by atoms with E-state index < -0.39 is 5.97 Å². The van der Waals surface area contributed by atoms with E-state index in [1.165, 1.54) is 11.8 Å². The number of benzene rings is 1. The average molecular weight is 248 g/mol. The number of carbonyl (C=O) groups is 1. The van der Waals surface area contributed by atoms with Crippen LogP contribution in [0.25, 0.3) is 5.69 Å². The van der Waals surface area contributed by atoms with E-state index in [4.69, 9.17) is 5.11 Å². The van der Waals surface area contributed by atoms with Gasteiger partial charge in [-0.2, -0.15) is 0 Å². The highest BCUT2D eigenvalue weighted by Crippen LogP contribution is 2.21. The summed E-state index contributed by atoms with van der Waals surface area (Å²) in [6.45, 7) is 1.89. The molecule has 0 amide bonds. The maximum Gasteiger partial charge on any atom is 0.313 e. The first-order valence-electron chi connectivity index (χ1n) is 5.13. The number of aryl methyl sites for hydroxylation is 1. The van der Waals surface area contributed by atoms with Gasteiger partial charge in [0.05, 0.1) is 11.4 Å². The molecule has 0 saturated heterocycles. The van der Waals surface area contributed by atoms with Gasteiger partial charge in [-0.05, 0) is 19.1 Å². The number of rotatable bonds is 4. The Kier molecular flexibility index (Phi) is 3.49. The van der Waals surface area contributed by atoms with Gasteiger partial charge in [-0.3, -0.25) is 9.36 Å². The van der Waals surface area contributed by atoms with Crippen molar-refractivity contribution in [3.63, 3.8) is 0 Å². The summed E-state index contributed by atoms with van der Waals surface area (Å²) >= 11 is 1.22. The molecule has 2 rings (SSSR count). The third-order valence-corrected chi connectivity index (χ3v) is 3.09. The van der Waals surface area contributed by atoms with Crippen LogP contribution in [0.5, 0.6) is 0 Å². The molecule has 17 heavy (non-hydrogen) atoms. The molecular weight excluding hydrogens is 236 g/mol. The van der Waals surface area contributed by atoms with Gasteiger partial charge in [-0.25, -0.2) is 4.98 Å². The summed E-state index contributed by atoms with van der Waals surface area (Å²) in [6, 6.07) is 9.75. The van der Waals surface area contributed by atoms with Crippen LogP contribution < -0.4 is 0 Å². The molecule has 0 aliphatic carbocycles. The summed E-state index contributed by atoms with van der Waals surface area (Å²) in [7, 11) is 0. The molecule has 0 aliphatic heterocycles. The van der Waals surface area contributed by atoms with Crippen LogP contribution in [0.15, 0.2) is 41.7 Å². The van der Waals surface area contributed by atoms with Crippen molar-refractivity contribution in [3.05, 3.63) is 42.2 Å². The lowest BCUT2D eigenvalue weighted by atomic mass is 10.3. The van der Waals surface area contributed by atoms with Gasteiger partial charge < -0.3 is 5.11 Å². The van der Waals surface area contributed by atoms with Crippen molar-refractivity contribution in [2.75, 3.05) is 5.75 Å². The minimum atomic E-state index is -0.838. The van der Waals surface area contributed by atoms with Crippen LogP contribution in [-0.4, -0.2) is 26.4 Å². The molecule has 0 aliphatic rings. The molecule has 0 atom stereocenters. The lowest BCUT2D eigenvalue weighted by Gasteiger charge is -2.05. The van der Waals surface area contributed by atoms with Gasteiger partial charge in [0.25, 0.3) is 0 Å². The molecule has 1 heterocycles. The normalized spacial score (nSPS) is 10.4. The number of imidazole rings is 1. The summed E-state index contributed by atoms with van der Waals surface area (Å²) in [5.41, 5.74) is 1.86. The van der Waals surface area contributed by atoms with Gasteiger partial charge in [0.15, 0.2) is 5.16 Å². The number of thioether (sulfide) groups is 1. The van der Waals surface area contributed by atoms with E-state index in [0.29, 0.717) is 5.16 Å². The molecule has 88 valence electrons. The number of hydrogen-bond acceptors (Lipinski definition) is 3. The first-order valence-corrected chi connectivity index (χ1v) is 6.11. The van der Waals surface area contributed by atoms with Crippen molar-refractivity contribution in [3.8, 4) is 5.69 Å². The van der Waals surface area contributed by atoms with Crippen molar-refractivity contribution >= 4 is 17.7 Å². The Hall–Kier alpha value is -1.75. The standard InChI is InChI=1S/C12H12N2O2S/c1-9-7-14(10-5-3-2-4-6-10)12(13-9)17-8-11(15)16/h2-7H,8H2,1H3,(H,15,16). The Morgan fingerprint density at radius 1 is 1.41 bits per heavy atom. The molecule has 1 aromatic carbocycles. The van der Waals surface area contributed by atoms with E-state index in [1.807, 2.05) is 48.0 Å². The highest BCUT2D eigenvalue weighted by Gasteiger charge is 2.09. The molecule has 5 heteroatoms. The number of nitrogens with zero attached hydrogens (tertiary/aromatic N) is 2. The SMILES string of the molecule is Cc1cn(-c2ccccc2)c(SCC(=O)O)n1. The summed E-state index contributed by atoms with van der Waals surface area (Å²) in [5.74, 6) is -0.821. The summed E-state index contributed by atoms with van der Waals surface area (Å²) in [5, 5.41) is 9.39. The Bertz CT molecular complexity index is 523. The molecule has 0 fully saturated rings. The van der Waals surface area contributed by atoms with Crippen molar-refractivity contribution in [1.29, 1.82) is 0 Å². The van der Waals surface area contributed by atoms with Crippen molar-refractivity contribution in [2.45, 2.75) is 12.1 Å². The van der Waals surface area contributed by atoms with Crippen LogP contribution in [0.3, 0.4) is 0 Å². The molecule has 4 nitrogen and oxygen atoms in total. The number of hydrogen-bond donors (Lipinski definition) is 1. The van der Waals surface area contributed by atoms with Gasteiger partial charge in [0.2, 0.25) is 0 Å². The highest BCUT2D eigenvalue weighted by atomic mass is 32.2. The second-order valence-corrected chi connectivity index (χ2v) is 4.50. The predicted octanol–water partition coefficient (Wildman–Crippen LogP) is 2.36. The van der Waals surface area contributed by atoms with E-state index in [-0.39, 0.29) is 5.75 Å². The molecule has 2 aromatic rings. The molecule has 0 radical (unpaired) electrons. The van der Waals surface area contributed by atoms with Crippen LogP contribution in [0.4, 0.5) is 0 Å². The number of carboxylic acid groups (broad SMARTS) is 1. The first kappa shape index (κ1) is 11.7. The molecule has 0 bridgehead atoms. The van der Waals surface area contributed by atoms with Crippen molar-refractivity contribution in [1.82, 2.24) is 9.55 Å². The molecule has 0 spiro atoms. The fourth-order valence-electron chi connectivity index (χ4n) is 1.48. The Morgan fingerprint density at radius 3 is 2.76 bits per heavy atom. The highest BCUT2D eigenvalue weighted by molar-refractivity contribution is 7.99. The third kappa shape index (κ3) is 2.88. The average Bonchev–Trinajstić information content (AvgIpc) is 2.69. The smallest absolute Gasteiger partial charge is 0.313 e. The number of carboxylic acids is 1. The third-order valence-electron chi connectivity index (χ3n) is 2.15. The summed E-state index contributed by atoms with van der Waals surface area (Å²) < 4.78 is 1.91. The van der Waals surface area contributed by atoms with Gasteiger partial charge >= 0.3 is 5.97 Å². The minimum absolute atomic E-state index is 0.0171. The lowest BCUT2D eigenvalue weighted by Crippen LogP contribution is -2.01. The van der Waals surface area contributed by atoms with E-state index in [1.54, 1.807) is 0 Å². The second-order valence-electron chi connectivity index (χ2n) is 3.55. The fraction of sp³-hybridized carbons (Fsp3) is 0.167. The molecular formula is C12H12N2O2S. The monoisotopic (exact) mass is 248 g/mol. The zero-order valence-electron chi connectivity index (χ0n) is 9.33. The van der Waals surface area contributed by atoms with Crippen LogP contribution in [0.2, 0.25) is 0 Å². The van der Waals surface area contributed by atoms with E-state index >= 15 is 0 Å². The predicted molar refractivity (Wildman–Crippen MR) is 66.7 cm³/mol. The van der Waals surface area contributed by atoms with Gasteiger partial charge in [0.1, 0.15) is 0 Å². The zero-order chi connectivity index (χ0) is 12.3. The van der Waals surface area contributed by atoms with Crippen LogP contribution in [0.1, 0.15) is 5.69 Å². The topological polar surface area (TPSA) is 55.1 Å². The number of aromatic nitrogens is 2. The largest absolute Gasteiger partial charge is 0.481 e. The maximum atomic E-state index is 10.6. The van der Waals surface area contributed by atoms with Crippen molar-refractivity contribution < 1.29 is 9.90 Å². The van der Waals surface area contributed by atoms with E-state index in [2.05, 4.69) is 4.98 Å². The number of para-hydroxylation sites is 1. The Labute approximate surface area is 103 Å². The van der Waals surface area contributed by atoms with Gasteiger partial charge in [-0.15, -0.1) is 0 Å².